The highest BCUT2D eigenvalue weighted by molar-refractivity contribution is 5.67. The van der Waals surface area contributed by atoms with Crippen molar-refractivity contribution in [1.29, 1.82) is 0 Å². The van der Waals surface area contributed by atoms with E-state index in [0.29, 0.717) is 0 Å². The van der Waals surface area contributed by atoms with Crippen LogP contribution in [0.15, 0.2) is 71.1 Å². The van der Waals surface area contributed by atoms with Gasteiger partial charge in [-0.3, -0.25) is 0 Å². The van der Waals surface area contributed by atoms with Crippen LogP contribution >= 0.6 is 0 Å². The topological polar surface area (TPSA) is 104 Å². The molecule has 0 amide bonds. The summed E-state index contributed by atoms with van der Waals surface area (Å²) < 4.78 is 40.2. The quantitative estimate of drug-likeness (QED) is 0.627. The SMILES string of the molecule is Cc1cc(C)c(-c2ccccc2)[o+]c1-c1ccccc1.[O-][Cl+3]([O-])([O-])[O-]. The van der Waals surface area contributed by atoms with Crippen molar-refractivity contribution in [3.05, 3.63) is 77.9 Å². The molecule has 6 heteroatoms. The minimum Gasteiger partial charge on any atom is -0.222 e. The molecule has 5 nitrogen and oxygen atoms in total. The summed E-state index contributed by atoms with van der Waals surface area (Å²) in [7, 11) is -4.94. The third kappa shape index (κ3) is 5.94. The van der Waals surface area contributed by atoms with Crippen LogP contribution in [0.1, 0.15) is 11.1 Å². The van der Waals surface area contributed by atoms with Gasteiger partial charge in [0.15, 0.2) is 0 Å². The van der Waals surface area contributed by atoms with E-state index in [2.05, 4.69) is 44.2 Å². The first kappa shape index (κ1) is 19.1. The fraction of sp³-hybridized carbons (Fsp3) is 0.105. The van der Waals surface area contributed by atoms with Crippen LogP contribution in [0.25, 0.3) is 22.6 Å². The molecule has 0 fully saturated rings. The summed E-state index contributed by atoms with van der Waals surface area (Å²) in [5, 5.41) is 0. The lowest BCUT2D eigenvalue weighted by Gasteiger charge is -2.17. The zero-order valence-electron chi connectivity index (χ0n) is 13.8. The van der Waals surface area contributed by atoms with Gasteiger partial charge in [0, 0.05) is 0 Å². The van der Waals surface area contributed by atoms with Crippen LogP contribution in [0.4, 0.5) is 0 Å². The van der Waals surface area contributed by atoms with Gasteiger partial charge in [-0.05, 0) is 44.2 Å². The van der Waals surface area contributed by atoms with Gasteiger partial charge in [0.2, 0.25) is 0 Å². The van der Waals surface area contributed by atoms with Crippen molar-refractivity contribution in [2.45, 2.75) is 13.8 Å². The normalized spacial score (nSPS) is 10.8. The summed E-state index contributed by atoms with van der Waals surface area (Å²) in [6, 6.07) is 22.7. The molecule has 0 N–H and O–H groups in total. The Morgan fingerprint density at radius 1 is 0.640 bits per heavy atom. The Labute approximate surface area is 148 Å². The van der Waals surface area contributed by atoms with E-state index >= 15 is 0 Å². The minimum absolute atomic E-state index is 0.940. The predicted octanol–water partition coefficient (Wildman–Crippen LogP) is 0.756. The zero-order chi connectivity index (χ0) is 18.4. The van der Waals surface area contributed by atoms with E-state index in [1.165, 1.54) is 0 Å². The van der Waals surface area contributed by atoms with E-state index < -0.39 is 10.2 Å². The third-order valence-electron chi connectivity index (χ3n) is 3.43. The van der Waals surface area contributed by atoms with E-state index in [0.717, 1.165) is 33.8 Å². The number of aryl methyl sites for hydroxylation is 2. The van der Waals surface area contributed by atoms with Crippen molar-refractivity contribution in [3.8, 4) is 22.6 Å². The molecule has 0 aliphatic carbocycles. The Balaban J connectivity index is 0.000000399. The molecule has 0 bridgehead atoms. The maximum absolute atomic E-state index is 8.49. The lowest BCUT2D eigenvalue weighted by molar-refractivity contribution is -2.00. The Hall–Kier alpha value is -2.28. The Morgan fingerprint density at radius 2 is 0.960 bits per heavy atom. The highest BCUT2D eigenvalue weighted by Gasteiger charge is 2.22. The van der Waals surface area contributed by atoms with Gasteiger partial charge in [0.25, 0.3) is 0 Å². The molecule has 0 unspecified atom stereocenters. The van der Waals surface area contributed by atoms with Gasteiger partial charge in [0.05, 0.1) is 22.3 Å². The first-order valence-electron chi connectivity index (χ1n) is 7.42. The maximum Gasteiger partial charge on any atom is 0.363 e. The average Bonchev–Trinajstić information content (AvgIpc) is 2.55. The van der Waals surface area contributed by atoms with E-state index in [4.69, 9.17) is 23.1 Å². The predicted molar refractivity (Wildman–Crippen MR) is 83.5 cm³/mol. The first-order chi connectivity index (χ1) is 11.8. The van der Waals surface area contributed by atoms with Gasteiger partial charge in [0.1, 0.15) is 0 Å². The number of hydrogen-bond donors (Lipinski definition) is 0. The van der Waals surface area contributed by atoms with Gasteiger partial charge >= 0.3 is 11.5 Å². The molecule has 130 valence electrons. The second-order valence-electron chi connectivity index (χ2n) is 5.38. The minimum atomic E-state index is -4.94. The van der Waals surface area contributed by atoms with Gasteiger partial charge in [-0.1, -0.05) is 36.4 Å². The highest BCUT2D eigenvalue weighted by Crippen LogP contribution is 2.31. The largest absolute Gasteiger partial charge is 0.363 e. The number of hydrogen-bond acceptors (Lipinski definition) is 4. The van der Waals surface area contributed by atoms with Crippen LogP contribution in [-0.2, 0) is 0 Å². The second-order valence-corrected chi connectivity index (χ2v) is 6.14. The summed E-state index contributed by atoms with van der Waals surface area (Å²) in [5.41, 5.74) is 4.55. The van der Waals surface area contributed by atoms with E-state index in [1.807, 2.05) is 36.4 Å². The Bertz CT molecular complexity index is 748. The third-order valence-corrected chi connectivity index (χ3v) is 3.43. The van der Waals surface area contributed by atoms with Gasteiger partial charge < -0.3 is 0 Å². The van der Waals surface area contributed by atoms with Crippen molar-refractivity contribution < 1.29 is 33.3 Å². The number of benzene rings is 2. The smallest absolute Gasteiger partial charge is 0.222 e. The molecule has 0 atom stereocenters. The molecule has 3 rings (SSSR count). The Morgan fingerprint density at radius 3 is 1.28 bits per heavy atom. The van der Waals surface area contributed by atoms with Crippen LogP contribution in [0, 0.1) is 24.1 Å². The fourth-order valence-electron chi connectivity index (χ4n) is 2.47. The van der Waals surface area contributed by atoms with Crippen LogP contribution in [0.2, 0.25) is 0 Å². The molecular weight excluding hydrogens is 344 g/mol. The van der Waals surface area contributed by atoms with Crippen LogP contribution in [0.5, 0.6) is 0 Å². The van der Waals surface area contributed by atoms with Crippen LogP contribution in [0.3, 0.4) is 0 Å². The van der Waals surface area contributed by atoms with Gasteiger partial charge in [-0.2, -0.15) is 0 Å². The summed E-state index contributed by atoms with van der Waals surface area (Å²) in [5.74, 6) is 1.88. The maximum atomic E-state index is 8.49. The molecule has 3 aromatic rings. The van der Waals surface area contributed by atoms with Crippen LogP contribution in [-0.4, -0.2) is 0 Å². The van der Waals surface area contributed by atoms with Crippen molar-refractivity contribution >= 4 is 0 Å². The van der Waals surface area contributed by atoms with E-state index in [1.54, 1.807) is 0 Å². The van der Waals surface area contributed by atoms with E-state index in [9.17, 15) is 0 Å². The molecule has 0 saturated heterocycles. The molecule has 0 spiro atoms. The number of rotatable bonds is 2. The molecule has 0 aliphatic rings. The van der Waals surface area contributed by atoms with E-state index in [-0.39, 0.29) is 0 Å². The Kier molecular flexibility index (Phi) is 6.25. The van der Waals surface area contributed by atoms with Crippen LogP contribution < -0.4 is 18.6 Å². The fourth-order valence-corrected chi connectivity index (χ4v) is 2.47. The molecule has 0 saturated carbocycles. The van der Waals surface area contributed by atoms with Gasteiger partial charge in [-0.25, -0.2) is 23.1 Å². The molecule has 1 heterocycles. The monoisotopic (exact) mass is 360 g/mol. The molecule has 0 radical (unpaired) electrons. The summed E-state index contributed by atoms with van der Waals surface area (Å²) >= 11 is 0. The van der Waals surface area contributed by atoms with Crippen molar-refractivity contribution in [3.63, 3.8) is 0 Å². The molecule has 0 aliphatic heterocycles. The van der Waals surface area contributed by atoms with Crippen molar-refractivity contribution in [2.75, 3.05) is 0 Å². The summed E-state index contributed by atoms with van der Waals surface area (Å²) in [6.07, 6.45) is 0. The number of halogens is 1. The molecule has 1 aromatic heterocycles. The average molecular weight is 361 g/mol. The standard InChI is InChI=1S/C19H17O.ClHO4/c1-14-13-15(2)19(17-11-7-4-8-12-17)20-18(14)16-9-5-3-6-10-16;2-1(3,4)5/h3-13H,1-2H3;(H,2,3,4,5)/q+1;/p-1. The molecule has 25 heavy (non-hydrogen) atoms. The summed E-state index contributed by atoms with van der Waals surface area (Å²) in [6.45, 7) is 4.18. The van der Waals surface area contributed by atoms with Gasteiger partial charge in [-0.15, -0.1) is 10.2 Å². The molecular formula is C19H17ClO5. The highest BCUT2D eigenvalue weighted by atomic mass is 35.7. The van der Waals surface area contributed by atoms with Crippen molar-refractivity contribution in [2.24, 2.45) is 0 Å². The molecule has 2 aromatic carbocycles. The second kappa shape index (κ2) is 8.20. The first-order valence-corrected chi connectivity index (χ1v) is 8.66. The zero-order valence-corrected chi connectivity index (χ0v) is 14.5. The van der Waals surface area contributed by atoms with Crippen molar-refractivity contribution in [1.82, 2.24) is 0 Å². The lowest BCUT2D eigenvalue weighted by Crippen LogP contribution is -2.68. The lowest BCUT2D eigenvalue weighted by atomic mass is 10.0. The summed E-state index contributed by atoms with van der Waals surface area (Å²) in [4.78, 5) is 0.